The lowest BCUT2D eigenvalue weighted by atomic mass is 10.1. The van der Waals surface area contributed by atoms with Gasteiger partial charge in [-0.15, -0.1) is 0 Å². The lowest BCUT2D eigenvalue weighted by Crippen LogP contribution is -2.43. The second-order valence-corrected chi connectivity index (χ2v) is 9.75. The summed E-state index contributed by atoms with van der Waals surface area (Å²) in [4.78, 5) is 34.9. The van der Waals surface area contributed by atoms with Gasteiger partial charge in [0, 0.05) is 30.0 Å². The lowest BCUT2D eigenvalue weighted by molar-refractivity contribution is -0.139. The van der Waals surface area contributed by atoms with E-state index in [1.807, 2.05) is 41.5 Å². The summed E-state index contributed by atoms with van der Waals surface area (Å²) in [6.07, 6.45) is 1.79. The van der Waals surface area contributed by atoms with Gasteiger partial charge in [-0.1, -0.05) is 57.5 Å². The first-order chi connectivity index (χ1) is 13.8. The Kier molecular flexibility index (Phi) is 21.7. The monoisotopic (exact) mass is 557 g/mol. The van der Waals surface area contributed by atoms with E-state index in [1.165, 1.54) is 0 Å². The fraction of sp³-hybridized carbons (Fsp3) is 0.773. The number of Topliss-reactive ketones (excluding diaryl/α,β-unsaturated/α-hetero) is 1. The molecule has 0 fully saturated rings. The molecule has 0 radical (unpaired) electrons. The molecule has 0 aliphatic heterocycles. The number of aliphatic hydroxyl groups excluding tert-OH is 1. The van der Waals surface area contributed by atoms with Gasteiger partial charge in [-0.25, -0.2) is 0 Å². The van der Waals surface area contributed by atoms with Crippen LogP contribution in [0.2, 0.25) is 0 Å². The van der Waals surface area contributed by atoms with Crippen molar-refractivity contribution >= 4 is 50.0 Å². The molecule has 0 bridgehead atoms. The van der Waals surface area contributed by atoms with Gasteiger partial charge in [0.15, 0.2) is 0 Å². The normalized spacial score (nSPS) is 11.7. The molecule has 0 rings (SSSR count). The molecule has 0 unspecified atom stereocenters. The number of amides is 2. The number of halogens is 2. The predicted molar refractivity (Wildman–Crippen MR) is 131 cm³/mol. The minimum absolute atomic E-state index is 0.0169. The Hall–Kier alpha value is -0.570. The van der Waals surface area contributed by atoms with E-state index in [9.17, 15) is 14.4 Å². The van der Waals surface area contributed by atoms with Crippen molar-refractivity contribution in [3.63, 3.8) is 0 Å². The van der Waals surface area contributed by atoms with Crippen LogP contribution in [0.25, 0.3) is 0 Å². The van der Waals surface area contributed by atoms with Crippen LogP contribution in [-0.4, -0.2) is 53.5 Å². The second-order valence-electron chi connectivity index (χ2n) is 7.77. The average Bonchev–Trinajstić information content (AvgIpc) is 2.66. The predicted octanol–water partition coefficient (Wildman–Crippen LogP) is 5.45. The third kappa shape index (κ3) is 18.2. The van der Waals surface area contributed by atoms with Crippen molar-refractivity contribution in [2.45, 2.75) is 80.8 Å². The molecule has 0 atom stereocenters. The van der Waals surface area contributed by atoms with Crippen molar-refractivity contribution in [2.75, 3.05) is 19.8 Å². The molecule has 0 spiro atoms. The van der Waals surface area contributed by atoms with Gasteiger partial charge in [0.25, 0.3) is 5.91 Å². The van der Waals surface area contributed by atoms with E-state index in [0.717, 1.165) is 11.3 Å². The number of allylic oxidation sites excluding steroid dienone is 1. The van der Waals surface area contributed by atoms with Crippen LogP contribution in [0.1, 0.15) is 75.2 Å². The zero-order chi connectivity index (χ0) is 24.5. The van der Waals surface area contributed by atoms with Crippen LogP contribution in [0.3, 0.4) is 0 Å². The molecule has 0 saturated heterocycles. The van der Waals surface area contributed by atoms with E-state index < -0.39 is 5.60 Å². The molecule has 0 aromatic heterocycles. The third-order valence-corrected chi connectivity index (χ3v) is 5.48. The molecule has 8 heteroatoms. The number of rotatable bonds is 11. The Morgan fingerprint density at radius 1 is 1.13 bits per heavy atom. The molecule has 1 N–H and O–H groups in total. The fourth-order valence-corrected chi connectivity index (χ4v) is 2.25. The first-order valence-electron chi connectivity index (χ1n) is 10.3. The molecule has 178 valence electrons. The number of carbonyl (C=O) groups is 3. The fourth-order valence-electron chi connectivity index (χ4n) is 1.86. The maximum atomic E-state index is 12.1. The van der Waals surface area contributed by atoms with E-state index in [0.29, 0.717) is 34.3 Å². The van der Waals surface area contributed by atoms with Crippen LogP contribution in [-0.2, 0) is 19.1 Å². The summed E-state index contributed by atoms with van der Waals surface area (Å²) >= 11 is 6.38. The molecule has 2 amide bonds. The minimum Gasteiger partial charge on any atom is -0.396 e. The maximum absolute atomic E-state index is 12.1. The van der Waals surface area contributed by atoms with Crippen molar-refractivity contribution in [3.05, 3.63) is 8.96 Å². The Morgan fingerprint density at radius 3 is 1.93 bits per heavy atom. The Morgan fingerprint density at radius 2 is 1.63 bits per heavy atom. The van der Waals surface area contributed by atoms with Gasteiger partial charge >= 0.3 is 0 Å². The van der Waals surface area contributed by atoms with E-state index >= 15 is 0 Å². The summed E-state index contributed by atoms with van der Waals surface area (Å²) in [6.45, 7) is 18.2. The van der Waals surface area contributed by atoms with Crippen LogP contribution in [0.15, 0.2) is 8.96 Å². The van der Waals surface area contributed by atoms with Crippen molar-refractivity contribution in [3.8, 4) is 0 Å². The zero-order valence-corrected chi connectivity index (χ0v) is 23.2. The molecule has 0 aromatic carbocycles. The topological polar surface area (TPSA) is 83.9 Å². The number of imide groups is 1. The molecule has 0 aliphatic rings. The highest BCUT2D eigenvalue weighted by Crippen LogP contribution is 2.21. The van der Waals surface area contributed by atoms with E-state index in [2.05, 4.69) is 45.7 Å². The van der Waals surface area contributed by atoms with Gasteiger partial charge in [-0.05, 0) is 49.0 Å². The zero-order valence-electron chi connectivity index (χ0n) is 20.1. The molecule has 6 nitrogen and oxygen atoms in total. The van der Waals surface area contributed by atoms with Crippen molar-refractivity contribution in [1.29, 1.82) is 0 Å². The smallest absolute Gasteiger partial charge is 0.268 e. The summed E-state index contributed by atoms with van der Waals surface area (Å²) in [5.74, 6) is 0.382. The SMILES string of the molecule is C/C(Br)=C(/Br)C(=O)N(C=O)CC(C)(C)OCCC(C)C.CC.CC(C)C(=O)CCO. The summed E-state index contributed by atoms with van der Waals surface area (Å²) in [5, 5.41) is 8.26. The Bertz CT molecular complexity index is 528. The average molecular weight is 559 g/mol. The molecular formula is C22H41Br2NO5. The first-order valence-corrected chi connectivity index (χ1v) is 11.9. The quantitative estimate of drug-likeness (QED) is 0.269. The summed E-state index contributed by atoms with van der Waals surface area (Å²) in [5.41, 5.74) is -0.570. The Balaban J connectivity index is -0.000000609. The van der Waals surface area contributed by atoms with Gasteiger partial charge in [0.1, 0.15) is 5.78 Å². The standard InChI is InChI=1S/C14H23Br2NO3.C6H12O2.C2H6/c1-10(2)6-7-20-14(4,5)8-17(9-18)13(19)12(16)11(3)15;1-5(2)6(8)3-4-7;1-2/h9-10H,6-8H2,1-5H3;5,7H,3-4H2,1-2H3;1-2H3/b12-11-;;. The van der Waals surface area contributed by atoms with Crippen LogP contribution >= 0.6 is 31.9 Å². The largest absolute Gasteiger partial charge is 0.396 e. The van der Waals surface area contributed by atoms with Crippen LogP contribution in [0.5, 0.6) is 0 Å². The van der Waals surface area contributed by atoms with Gasteiger partial charge in [-0.3, -0.25) is 19.3 Å². The van der Waals surface area contributed by atoms with Gasteiger partial charge in [0.2, 0.25) is 6.41 Å². The summed E-state index contributed by atoms with van der Waals surface area (Å²) < 4.78 is 6.75. The maximum Gasteiger partial charge on any atom is 0.268 e. The first kappa shape index (κ1) is 34.1. The van der Waals surface area contributed by atoms with Gasteiger partial charge < -0.3 is 9.84 Å². The molecule has 30 heavy (non-hydrogen) atoms. The van der Waals surface area contributed by atoms with Gasteiger partial charge in [-0.2, -0.15) is 0 Å². The molecule has 0 saturated carbocycles. The summed E-state index contributed by atoms with van der Waals surface area (Å²) in [6, 6.07) is 0. The van der Waals surface area contributed by atoms with Gasteiger partial charge in [0.05, 0.1) is 16.6 Å². The molecule has 0 heterocycles. The van der Waals surface area contributed by atoms with Crippen molar-refractivity contribution < 1.29 is 24.2 Å². The highest BCUT2D eigenvalue weighted by atomic mass is 79.9. The Labute approximate surface area is 200 Å². The number of nitrogens with zero attached hydrogens (tertiary/aromatic N) is 1. The molecule has 0 aromatic rings. The highest BCUT2D eigenvalue weighted by Gasteiger charge is 2.27. The number of carbonyl (C=O) groups excluding carboxylic acids is 3. The van der Waals surface area contributed by atoms with Crippen LogP contribution < -0.4 is 0 Å². The number of hydrogen-bond donors (Lipinski definition) is 1. The third-order valence-electron chi connectivity index (χ3n) is 3.62. The van der Waals surface area contributed by atoms with Crippen LogP contribution in [0.4, 0.5) is 0 Å². The molecular weight excluding hydrogens is 518 g/mol. The number of hydrogen-bond acceptors (Lipinski definition) is 5. The van der Waals surface area contributed by atoms with E-state index in [1.54, 1.807) is 6.92 Å². The lowest BCUT2D eigenvalue weighted by Gasteiger charge is -2.30. The summed E-state index contributed by atoms with van der Waals surface area (Å²) in [7, 11) is 0. The van der Waals surface area contributed by atoms with E-state index in [4.69, 9.17) is 9.84 Å². The number of ether oxygens (including phenoxy) is 1. The number of aliphatic hydroxyl groups is 1. The second kappa shape index (κ2) is 19.1. The molecule has 0 aliphatic carbocycles. The van der Waals surface area contributed by atoms with E-state index in [-0.39, 0.29) is 30.8 Å². The highest BCUT2D eigenvalue weighted by molar-refractivity contribution is 9.14. The minimum atomic E-state index is -0.570. The number of ketones is 1. The van der Waals surface area contributed by atoms with Crippen LogP contribution in [0, 0.1) is 11.8 Å². The van der Waals surface area contributed by atoms with Crippen molar-refractivity contribution in [1.82, 2.24) is 4.90 Å². The van der Waals surface area contributed by atoms with Crippen molar-refractivity contribution in [2.24, 2.45) is 11.8 Å².